The Kier molecular flexibility index (Phi) is 3.54. The third kappa shape index (κ3) is 2.59. The molecule has 0 spiro atoms. The lowest BCUT2D eigenvalue weighted by atomic mass is 10.1. The third-order valence-electron chi connectivity index (χ3n) is 4.62. The average molecular weight is 276 g/mol. The van der Waals surface area contributed by atoms with Gasteiger partial charge in [-0.2, -0.15) is 5.10 Å². The summed E-state index contributed by atoms with van der Waals surface area (Å²) in [4.78, 5) is 17.0. The van der Waals surface area contributed by atoms with Crippen LogP contribution in [0.3, 0.4) is 0 Å². The molecule has 1 saturated carbocycles. The summed E-state index contributed by atoms with van der Waals surface area (Å²) < 4.78 is 1.82. The van der Waals surface area contributed by atoms with Crippen molar-refractivity contribution in [2.24, 2.45) is 13.0 Å². The fraction of sp³-hybridized carbons (Fsp3) is 0.733. The van der Waals surface area contributed by atoms with Crippen molar-refractivity contribution in [3.8, 4) is 0 Å². The number of aromatic nitrogens is 2. The highest BCUT2D eigenvalue weighted by molar-refractivity contribution is 5.83. The van der Waals surface area contributed by atoms with Crippen LogP contribution in [0, 0.1) is 5.92 Å². The molecule has 1 aliphatic heterocycles. The molecule has 0 aromatic carbocycles. The maximum Gasteiger partial charge on any atom is 0.226 e. The van der Waals surface area contributed by atoms with Crippen molar-refractivity contribution in [3.63, 3.8) is 0 Å². The molecular weight excluding hydrogens is 252 g/mol. The molecule has 1 aliphatic carbocycles. The van der Waals surface area contributed by atoms with Gasteiger partial charge in [0.1, 0.15) is 0 Å². The highest BCUT2D eigenvalue weighted by Gasteiger charge is 2.46. The summed E-state index contributed by atoms with van der Waals surface area (Å²) >= 11 is 0. The molecule has 0 N–H and O–H groups in total. The predicted octanol–water partition coefficient (Wildman–Crippen LogP) is 1.08. The molecule has 110 valence electrons. The standard InChI is InChI=1S/C15H24N4O/c1-11(2)18-4-6-19(7-5-18)15(20)14-8-13(14)12-9-16-17(3)10-12/h9-11,13-14H,4-8H2,1-3H3/t13-,14?/m1/s1. The van der Waals surface area contributed by atoms with Crippen LogP contribution in [0.5, 0.6) is 0 Å². The second kappa shape index (κ2) is 5.20. The Morgan fingerprint density at radius 1 is 1.30 bits per heavy atom. The number of piperazine rings is 1. The number of aryl methyl sites for hydroxylation is 1. The molecule has 2 fully saturated rings. The topological polar surface area (TPSA) is 41.4 Å². The molecule has 2 atom stereocenters. The summed E-state index contributed by atoms with van der Waals surface area (Å²) in [6, 6.07) is 0.580. The van der Waals surface area contributed by atoms with Gasteiger partial charge < -0.3 is 4.90 Å². The highest BCUT2D eigenvalue weighted by atomic mass is 16.2. The number of hydrogen-bond acceptors (Lipinski definition) is 3. The van der Waals surface area contributed by atoms with Crippen LogP contribution in [-0.2, 0) is 11.8 Å². The first kappa shape index (κ1) is 13.6. The summed E-state index contributed by atoms with van der Waals surface area (Å²) in [5.74, 6) is 0.950. The van der Waals surface area contributed by atoms with E-state index >= 15 is 0 Å². The van der Waals surface area contributed by atoms with E-state index in [0.29, 0.717) is 17.9 Å². The minimum Gasteiger partial charge on any atom is -0.340 e. The second-order valence-corrected chi connectivity index (χ2v) is 6.35. The van der Waals surface area contributed by atoms with Gasteiger partial charge >= 0.3 is 0 Å². The first-order chi connectivity index (χ1) is 9.56. The summed E-state index contributed by atoms with van der Waals surface area (Å²) in [5.41, 5.74) is 1.21. The van der Waals surface area contributed by atoms with Gasteiger partial charge in [-0.25, -0.2) is 0 Å². The molecule has 5 nitrogen and oxygen atoms in total. The van der Waals surface area contributed by atoms with Gasteiger partial charge in [-0.1, -0.05) is 0 Å². The lowest BCUT2D eigenvalue weighted by molar-refractivity contribution is -0.134. The number of rotatable bonds is 3. The fourth-order valence-corrected chi connectivity index (χ4v) is 3.16. The van der Waals surface area contributed by atoms with Crippen molar-refractivity contribution >= 4 is 5.91 Å². The first-order valence-electron chi connectivity index (χ1n) is 7.57. The largest absolute Gasteiger partial charge is 0.340 e. The molecule has 5 heteroatoms. The van der Waals surface area contributed by atoms with Gasteiger partial charge in [0.15, 0.2) is 0 Å². The molecule has 1 aromatic rings. The SMILES string of the molecule is CC(C)N1CCN(C(=O)C2C[C@@H]2c2cnn(C)c2)CC1. The van der Waals surface area contributed by atoms with Gasteiger partial charge in [0, 0.05) is 51.4 Å². The van der Waals surface area contributed by atoms with E-state index in [0.717, 1.165) is 32.6 Å². The van der Waals surface area contributed by atoms with E-state index in [1.54, 1.807) is 0 Å². The Bertz CT molecular complexity index is 488. The van der Waals surface area contributed by atoms with Crippen LogP contribution < -0.4 is 0 Å². The Morgan fingerprint density at radius 3 is 2.55 bits per heavy atom. The second-order valence-electron chi connectivity index (χ2n) is 6.35. The normalized spacial score (nSPS) is 27.1. The zero-order valence-electron chi connectivity index (χ0n) is 12.6. The number of carbonyl (C=O) groups is 1. The molecule has 20 heavy (non-hydrogen) atoms. The number of nitrogens with zero attached hydrogens (tertiary/aromatic N) is 4. The van der Waals surface area contributed by atoms with E-state index in [-0.39, 0.29) is 5.92 Å². The molecule has 3 rings (SSSR count). The molecule has 0 radical (unpaired) electrons. The molecule has 1 amide bonds. The van der Waals surface area contributed by atoms with E-state index in [9.17, 15) is 4.79 Å². The van der Waals surface area contributed by atoms with Gasteiger partial charge in [0.2, 0.25) is 5.91 Å². The van der Waals surface area contributed by atoms with Crippen molar-refractivity contribution < 1.29 is 4.79 Å². The van der Waals surface area contributed by atoms with Crippen molar-refractivity contribution in [2.75, 3.05) is 26.2 Å². The molecule has 2 heterocycles. The molecule has 1 saturated heterocycles. The number of amides is 1. The maximum absolute atomic E-state index is 12.5. The average Bonchev–Trinajstić information content (AvgIpc) is 3.13. The van der Waals surface area contributed by atoms with Crippen molar-refractivity contribution in [2.45, 2.75) is 32.2 Å². The molecule has 1 aromatic heterocycles. The number of hydrogen-bond donors (Lipinski definition) is 0. The summed E-state index contributed by atoms with van der Waals surface area (Å²) in [7, 11) is 1.92. The van der Waals surface area contributed by atoms with Crippen LogP contribution in [0.1, 0.15) is 31.7 Å². The Balaban J connectivity index is 1.54. The minimum absolute atomic E-state index is 0.199. The first-order valence-corrected chi connectivity index (χ1v) is 7.57. The van der Waals surface area contributed by atoms with E-state index in [1.807, 2.05) is 24.1 Å². The molecular formula is C15H24N4O. The minimum atomic E-state index is 0.199. The van der Waals surface area contributed by atoms with Crippen molar-refractivity contribution in [3.05, 3.63) is 18.0 Å². The highest BCUT2D eigenvalue weighted by Crippen LogP contribution is 2.48. The van der Waals surface area contributed by atoms with E-state index < -0.39 is 0 Å². The molecule has 1 unspecified atom stereocenters. The Morgan fingerprint density at radius 2 is 2.00 bits per heavy atom. The van der Waals surface area contributed by atoms with Crippen LogP contribution in [-0.4, -0.2) is 57.7 Å². The van der Waals surface area contributed by atoms with Crippen LogP contribution >= 0.6 is 0 Å². The Labute approximate surface area is 120 Å². The quantitative estimate of drug-likeness (QED) is 0.829. The van der Waals surface area contributed by atoms with Crippen molar-refractivity contribution in [1.82, 2.24) is 19.6 Å². The van der Waals surface area contributed by atoms with Crippen LogP contribution in [0.2, 0.25) is 0 Å². The number of carbonyl (C=O) groups excluding carboxylic acids is 1. The molecule has 2 aliphatic rings. The monoisotopic (exact) mass is 276 g/mol. The fourth-order valence-electron chi connectivity index (χ4n) is 3.16. The van der Waals surface area contributed by atoms with E-state index in [2.05, 4.69) is 28.7 Å². The van der Waals surface area contributed by atoms with Gasteiger partial charge in [-0.05, 0) is 31.7 Å². The summed E-state index contributed by atoms with van der Waals surface area (Å²) in [6.45, 7) is 8.22. The maximum atomic E-state index is 12.5. The molecule has 0 bridgehead atoms. The van der Waals surface area contributed by atoms with E-state index in [1.165, 1.54) is 5.56 Å². The lowest BCUT2D eigenvalue weighted by Gasteiger charge is -2.37. The lowest BCUT2D eigenvalue weighted by Crippen LogP contribution is -2.51. The summed E-state index contributed by atoms with van der Waals surface area (Å²) in [6.07, 6.45) is 4.93. The zero-order chi connectivity index (χ0) is 14.3. The van der Waals surface area contributed by atoms with Gasteiger partial charge in [-0.15, -0.1) is 0 Å². The van der Waals surface area contributed by atoms with Crippen LogP contribution in [0.15, 0.2) is 12.4 Å². The van der Waals surface area contributed by atoms with E-state index in [4.69, 9.17) is 0 Å². The smallest absolute Gasteiger partial charge is 0.226 e. The predicted molar refractivity (Wildman–Crippen MR) is 77.3 cm³/mol. The Hall–Kier alpha value is -1.36. The third-order valence-corrected chi connectivity index (χ3v) is 4.62. The van der Waals surface area contributed by atoms with Crippen molar-refractivity contribution in [1.29, 1.82) is 0 Å². The van der Waals surface area contributed by atoms with Gasteiger partial charge in [-0.3, -0.25) is 14.4 Å². The van der Waals surface area contributed by atoms with Gasteiger partial charge in [0.05, 0.1) is 6.20 Å². The van der Waals surface area contributed by atoms with Gasteiger partial charge in [0.25, 0.3) is 0 Å². The summed E-state index contributed by atoms with van der Waals surface area (Å²) in [5, 5.41) is 4.20. The zero-order valence-corrected chi connectivity index (χ0v) is 12.6. The van der Waals surface area contributed by atoms with Crippen LogP contribution in [0.4, 0.5) is 0 Å². The van der Waals surface area contributed by atoms with Crippen LogP contribution in [0.25, 0.3) is 0 Å².